The number of rotatable bonds is 4. The zero-order valence-electron chi connectivity index (χ0n) is 10.3. The molecule has 2 rings (SSSR count). The first-order valence-corrected chi connectivity index (χ1v) is 6.66. The molecule has 2 unspecified atom stereocenters. The number of carboxylic acid groups (broad SMARTS) is 1. The van der Waals surface area contributed by atoms with Gasteiger partial charge < -0.3 is 10.4 Å². The monoisotopic (exact) mass is 239 g/mol. The van der Waals surface area contributed by atoms with Gasteiger partial charge in [0.1, 0.15) is 0 Å². The summed E-state index contributed by atoms with van der Waals surface area (Å²) in [6.45, 7) is 2.16. The molecule has 0 aromatic carbocycles. The molecule has 0 aliphatic heterocycles. The van der Waals surface area contributed by atoms with Crippen molar-refractivity contribution >= 4 is 11.9 Å². The van der Waals surface area contributed by atoms with Crippen molar-refractivity contribution in [3.05, 3.63) is 0 Å². The van der Waals surface area contributed by atoms with Crippen LogP contribution in [0.2, 0.25) is 0 Å². The predicted octanol–water partition coefficient (Wildman–Crippen LogP) is 1.79. The first kappa shape index (κ1) is 12.4. The van der Waals surface area contributed by atoms with Crippen LogP contribution in [-0.4, -0.2) is 23.0 Å². The summed E-state index contributed by atoms with van der Waals surface area (Å²) in [5.41, 5.74) is 0. The summed E-state index contributed by atoms with van der Waals surface area (Å²) in [6.07, 6.45) is 6.28. The lowest BCUT2D eigenvalue weighted by Gasteiger charge is -2.31. The van der Waals surface area contributed by atoms with Crippen LogP contribution < -0.4 is 5.32 Å². The van der Waals surface area contributed by atoms with E-state index in [1.807, 2.05) is 0 Å². The highest BCUT2D eigenvalue weighted by molar-refractivity contribution is 5.89. The van der Waals surface area contributed by atoms with Crippen molar-refractivity contribution in [1.82, 2.24) is 5.32 Å². The van der Waals surface area contributed by atoms with Gasteiger partial charge in [-0.25, -0.2) is 0 Å². The lowest BCUT2D eigenvalue weighted by Crippen LogP contribution is -2.43. The maximum absolute atomic E-state index is 11.9. The van der Waals surface area contributed by atoms with Crippen molar-refractivity contribution in [2.45, 2.75) is 51.5 Å². The lowest BCUT2D eigenvalue weighted by atomic mass is 9.83. The highest BCUT2D eigenvalue weighted by Crippen LogP contribution is 2.39. The molecule has 0 saturated heterocycles. The average Bonchev–Trinajstić information content (AvgIpc) is 3.09. The Hall–Kier alpha value is -1.06. The van der Waals surface area contributed by atoms with Crippen LogP contribution in [0.5, 0.6) is 0 Å². The average molecular weight is 239 g/mol. The molecule has 4 atom stereocenters. The SMILES string of the molecule is CCC1CCCCC1NC(=O)[C@@H]1C[C@@H]1C(=O)O. The quantitative estimate of drug-likeness (QED) is 0.786. The molecular formula is C13H21NO3. The van der Waals surface area contributed by atoms with Crippen molar-refractivity contribution in [2.75, 3.05) is 0 Å². The van der Waals surface area contributed by atoms with E-state index >= 15 is 0 Å². The van der Waals surface area contributed by atoms with E-state index in [9.17, 15) is 9.59 Å². The molecule has 4 heteroatoms. The number of nitrogens with one attached hydrogen (secondary N) is 1. The molecule has 17 heavy (non-hydrogen) atoms. The Labute approximate surface area is 102 Å². The van der Waals surface area contributed by atoms with Gasteiger partial charge >= 0.3 is 5.97 Å². The molecule has 0 spiro atoms. The van der Waals surface area contributed by atoms with E-state index in [1.54, 1.807) is 0 Å². The van der Waals surface area contributed by atoms with Crippen LogP contribution in [0.4, 0.5) is 0 Å². The normalized spacial score (nSPS) is 36.3. The highest BCUT2D eigenvalue weighted by atomic mass is 16.4. The largest absolute Gasteiger partial charge is 0.481 e. The van der Waals surface area contributed by atoms with E-state index in [2.05, 4.69) is 12.2 Å². The third kappa shape index (κ3) is 2.79. The van der Waals surface area contributed by atoms with Crippen molar-refractivity contribution in [1.29, 1.82) is 0 Å². The summed E-state index contributed by atoms with van der Waals surface area (Å²) >= 11 is 0. The fourth-order valence-corrected chi connectivity index (χ4v) is 2.93. The van der Waals surface area contributed by atoms with E-state index in [4.69, 9.17) is 5.11 Å². The summed E-state index contributed by atoms with van der Waals surface area (Å²) in [5.74, 6) is -0.996. The number of amides is 1. The van der Waals surface area contributed by atoms with Gasteiger partial charge in [-0.1, -0.05) is 26.2 Å². The summed E-state index contributed by atoms with van der Waals surface area (Å²) in [6, 6.07) is 0.274. The van der Waals surface area contributed by atoms with Gasteiger partial charge in [-0.05, 0) is 25.2 Å². The van der Waals surface area contributed by atoms with Crippen LogP contribution in [0.15, 0.2) is 0 Å². The van der Waals surface area contributed by atoms with Crippen molar-refractivity contribution in [2.24, 2.45) is 17.8 Å². The number of hydrogen-bond donors (Lipinski definition) is 2. The Morgan fingerprint density at radius 2 is 1.94 bits per heavy atom. The molecule has 2 aliphatic carbocycles. The molecular weight excluding hydrogens is 218 g/mol. The second-order valence-electron chi connectivity index (χ2n) is 5.35. The van der Waals surface area contributed by atoms with Gasteiger partial charge in [0.05, 0.1) is 11.8 Å². The minimum absolute atomic E-state index is 0.0391. The Kier molecular flexibility index (Phi) is 3.69. The minimum Gasteiger partial charge on any atom is -0.481 e. The van der Waals surface area contributed by atoms with Crippen LogP contribution in [0.3, 0.4) is 0 Å². The Bertz CT molecular complexity index is 316. The molecule has 2 N–H and O–H groups in total. The number of carboxylic acids is 1. The zero-order chi connectivity index (χ0) is 12.4. The van der Waals surface area contributed by atoms with Gasteiger partial charge in [-0.2, -0.15) is 0 Å². The maximum Gasteiger partial charge on any atom is 0.307 e. The van der Waals surface area contributed by atoms with E-state index in [0.717, 1.165) is 12.8 Å². The number of aliphatic carboxylic acids is 1. The summed E-state index contributed by atoms with van der Waals surface area (Å²) < 4.78 is 0. The first-order valence-electron chi connectivity index (χ1n) is 6.66. The zero-order valence-corrected chi connectivity index (χ0v) is 10.3. The van der Waals surface area contributed by atoms with E-state index in [0.29, 0.717) is 12.3 Å². The van der Waals surface area contributed by atoms with Crippen LogP contribution >= 0.6 is 0 Å². The first-order chi connectivity index (χ1) is 8.13. The van der Waals surface area contributed by atoms with Crippen LogP contribution in [-0.2, 0) is 9.59 Å². The van der Waals surface area contributed by atoms with Gasteiger partial charge in [-0.15, -0.1) is 0 Å². The summed E-state index contributed by atoms with van der Waals surface area (Å²) in [4.78, 5) is 22.6. The molecule has 0 aromatic rings. The predicted molar refractivity (Wildman–Crippen MR) is 63.4 cm³/mol. The highest BCUT2D eigenvalue weighted by Gasteiger charge is 2.48. The second kappa shape index (κ2) is 5.07. The van der Waals surface area contributed by atoms with Crippen LogP contribution in [0.25, 0.3) is 0 Å². The Morgan fingerprint density at radius 1 is 1.24 bits per heavy atom. The molecule has 1 amide bonds. The van der Waals surface area contributed by atoms with Gasteiger partial charge in [0.25, 0.3) is 0 Å². The summed E-state index contributed by atoms with van der Waals surface area (Å²) in [5, 5.41) is 11.9. The van der Waals surface area contributed by atoms with E-state index < -0.39 is 11.9 Å². The molecule has 2 fully saturated rings. The fourth-order valence-electron chi connectivity index (χ4n) is 2.93. The molecule has 0 radical (unpaired) electrons. The second-order valence-corrected chi connectivity index (χ2v) is 5.35. The fraction of sp³-hybridized carbons (Fsp3) is 0.846. The molecule has 2 saturated carbocycles. The van der Waals surface area contributed by atoms with Gasteiger partial charge in [0.15, 0.2) is 0 Å². The molecule has 4 nitrogen and oxygen atoms in total. The number of carbonyl (C=O) groups is 2. The molecule has 0 heterocycles. The van der Waals surface area contributed by atoms with E-state index in [-0.39, 0.29) is 17.9 Å². The third-order valence-corrected chi connectivity index (χ3v) is 4.21. The third-order valence-electron chi connectivity index (χ3n) is 4.21. The Morgan fingerprint density at radius 3 is 2.53 bits per heavy atom. The van der Waals surface area contributed by atoms with Crippen LogP contribution in [0.1, 0.15) is 45.4 Å². The van der Waals surface area contributed by atoms with Gasteiger partial charge in [0.2, 0.25) is 5.91 Å². The van der Waals surface area contributed by atoms with E-state index in [1.165, 1.54) is 19.3 Å². The van der Waals surface area contributed by atoms with Crippen molar-refractivity contribution in [3.63, 3.8) is 0 Å². The number of hydrogen-bond acceptors (Lipinski definition) is 2. The lowest BCUT2D eigenvalue weighted by molar-refractivity contribution is -0.140. The molecule has 96 valence electrons. The summed E-state index contributed by atoms with van der Waals surface area (Å²) in [7, 11) is 0. The molecule has 2 aliphatic rings. The van der Waals surface area contributed by atoms with Crippen LogP contribution in [0, 0.1) is 17.8 Å². The topological polar surface area (TPSA) is 66.4 Å². The van der Waals surface area contributed by atoms with Gasteiger partial charge in [-0.3, -0.25) is 9.59 Å². The Balaban J connectivity index is 1.84. The number of carbonyl (C=O) groups excluding carboxylic acids is 1. The maximum atomic E-state index is 11.9. The van der Waals surface area contributed by atoms with Gasteiger partial charge in [0, 0.05) is 6.04 Å². The molecule has 0 bridgehead atoms. The van der Waals surface area contributed by atoms with Crippen molar-refractivity contribution < 1.29 is 14.7 Å². The smallest absolute Gasteiger partial charge is 0.307 e. The minimum atomic E-state index is -0.833. The molecule has 0 aromatic heterocycles. The standard InChI is InChI=1S/C13H21NO3/c1-2-8-5-3-4-6-11(8)14-12(15)9-7-10(9)13(16)17/h8-11H,2-7H2,1H3,(H,14,15)(H,16,17)/t8?,9-,10+,11?/m1/s1. The van der Waals surface area contributed by atoms with Crippen molar-refractivity contribution in [3.8, 4) is 0 Å².